The van der Waals surface area contributed by atoms with E-state index in [1.54, 1.807) is 17.2 Å². The van der Waals surface area contributed by atoms with Crippen molar-refractivity contribution >= 4 is 23.0 Å². The molecule has 4 heterocycles. The van der Waals surface area contributed by atoms with Crippen molar-refractivity contribution in [3.8, 4) is 11.3 Å². The Morgan fingerprint density at radius 2 is 1.89 bits per heavy atom. The van der Waals surface area contributed by atoms with Gasteiger partial charge in [0.05, 0.1) is 5.69 Å². The Bertz CT molecular complexity index is 1080. The number of fused-ring (bicyclic) bond motifs is 1. The molecule has 1 aromatic carbocycles. The largest absolute Gasteiger partial charge is 0.356 e. The standard InChI is InChI=1S/C19H18N8/c1-2-9-26(8-1)19-11-17(20-12-21-19)23-15-5-3-4-14(10-15)16-6-7-18-24-22-13-27(18)25-16/h3-7,10-13H,1-2,8-9H2,(H,20,21,23). The zero-order valence-electron chi connectivity index (χ0n) is 14.7. The van der Waals surface area contributed by atoms with Crippen LogP contribution in [0, 0.1) is 0 Å². The zero-order chi connectivity index (χ0) is 18.1. The van der Waals surface area contributed by atoms with E-state index >= 15 is 0 Å². The Labute approximate surface area is 155 Å². The molecule has 4 aromatic rings. The lowest BCUT2D eigenvalue weighted by Gasteiger charge is -2.16. The summed E-state index contributed by atoms with van der Waals surface area (Å²) in [7, 11) is 0. The van der Waals surface area contributed by atoms with Crippen LogP contribution in [-0.4, -0.2) is 42.9 Å². The van der Waals surface area contributed by atoms with E-state index in [0.29, 0.717) is 0 Å². The van der Waals surface area contributed by atoms with Crippen molar-refractivity contribution < 1.29 is 0 Å². The van der Waals surface area contributed by atoms with Gasteiger partial charge in [-0.1, -0.05) is 12.1 Å². The van der Waals surface area contributed by atoms with Crippen molar-refractivity contribution in [1.82, 2.24) is 29.8 Å². The fourth-order valence-electron chi connectivity index (χ4n) is 3.32. The van der Waals surface area contributed by atoms with Crippen molar-refractivity contribution in [1.29, 1.82) is 0 Å². The van der Waals surface area contributed by atoms with Gasteiger partial charge < -0.3 is 10.2 Å². The Kier molecular flexibility index (Phi) is 3.86. The third-order valence-electron chi connectivity index (χ3n) is 4.68. The smallest absolute Gasteiger partial charge is 0.177 e. The number of benzene rings is 1. The van der Waals surface area contributed by atoms with Gasteiger partial charge in [-0.15, -0.1) is 10.2 Å². The van der Waals surface area contributed by atoms with E-state index in [1.807, 2.05) is 36.4 Å². The second kappa shape index (κ2) is 6.64. The fraction of sp³-hybridized carbons (Fsp3) is 0.211. The van der Waals surface area contributed by atoms with Gasteiger partial charge in [0.25, 0.3) is 0 Å². The van der Waals surface area contributed by atoms with Crippen LogP contribution in [0.5, 0.6) is 0 Å². The summed E-state index contributed by atoms with van der Waals surface area (Å²) in [6.07, 6.45) is 5.65. The molecule has 1 fully saturated rings. The van der Waals surface area contributed by atoms with Crippen LogP contribution in [0.2, 0.25) is 0 Å². The molecule has 1 aliphatic rings. The lowest BCUT2D eigenvalue weighted by atomic mass is 10.1. The molecule has 0 unspecified atom stereocenters. The molecule has 0 bridgehead atoms. The van der Waals surface area contributed by atoms with Crippen molar-refractivity contribution in [3.05, 3.63) is 55.1 Å². The molecule has 134 valence electrons. The molecule has 0 saturated carbocycles. The lowest BCUT2D eigenvalue weighted by molar-refractivity contribution is 0.928. The number of nitrogens with zero attached hydrogens (tertiary/aromatic N) is 7. The van der Waals surface area contributed by atoms with Crippen LogP contribution < -0.4 is 10.2 Å². The van der Waals surface area contributed by atoms with Crippen molar-refractivity contribution in [2.75, 3.05) is 23.3 Å². The summed E-state index contributed by atoms with van der Waals surface area (Å²) in [5, 5.41) is 15.8. The molecular weight excluding hydrogens is 340 g/mol. The van der Waals surface area contributed by atoms with Crippen LogP contribution >= 0.6 is 0 Å². The van der Waals surface area contributed by atoms with Gasteiger partial charge in [0.1, 0.15) is 24.3 Å². The van der Waals surface area contributed by atoms with Crippen LogP contribution in [0.15, 0.2) is 55.1 Å². The van der Waals surface area contributed by atoms with Crippen LogP contribution in [-0.2, 0) is 0 Å². The number of rotatable bonds is 4. The summed E-state index contributed by atoms with van der Waals surface area (Å²) in [5.74, 6) is 1.76. The van der Waals surface area contributed by atoms with Gasteiger partial charge in [-0.2, -0.15) is 9.61 Å². The predicted octanol–water partition coefficient (Wildman–Crippen LogP) is 2.93. The minimum Gasteiger partial charge on any atom is -0.356 e. The number of anilines is 3. The van der Waals surface area contributed by atoms with Gasteiger partial charge >= 0.3 is 0 Å². The average molecular weight is 358 g/mol. The maximum Gasteiger partial charge on any atom is 0.177 e. The summed E-state index contributed by atoms with van der Waals surface area (Å²) >= 11 is 0. The maximum atomic E-state index is 4.55. The van der Waals surface area contributed by atoms with Gasteiger partial charge in [-0.25, -0.2) is 9.97 Å². The Balaban J connectivity index is 1.41. The first-order valence-corrected chi connectivity index (χ1v) is 8.97. The van der Waals surface area contributed by atoms with Crippen molar-refractivity contribution in [2.24, 2.45) is 0 Å². The fourth-order valence-corrected chi connectivity index (χ4v) is 3.32. The monoisotopic (exact) mass is 358 g/mol. The number of hydrogen-bond donors (Lipinski definition) is 1. The number of aromatic nitrogens is 6. The van der Waals surface area contributed by atoms with Crippen LogP contribution in [0.4, 0.5) is 17.3 Å². The van der Waals surface area contributed by atoms with Gasteiger partial charge in [0.15, 0.2) is 5.65 Å². The van der Waals surface area contributed by atoms with E-state index < -0.39 is 0 Å². The highest BCUT2D eigenvalue weighted by atomic mass is 15.3. The highest BCUT2D eigenvalue weighted by Crippen LogP contribution is 2.25. The highest BCUT2D eigenvalue weighted by molar-refractivity contribution is 5.68. The molecule has 1 saturated heterocycles. The summed E-state index contributed by atoms with van der Waals surface area (Å²) < 4.78 is 1.67. The van der Waals surface area contributed by atoms with E-state index in [4.69, 9.17) is 0 Å². The summed E-state index contributed by atoms with van der Waals surface area (Å²) in [5.41, 5.74) is 3.53. The molecule has 0 radical (unpaired) electrons. The SMILES string of the molecule is c1cc(Nc2cc(N3CCCC3)ncn2)cc(-c2ccc3nncn3n2)c1. The van der Waals surface area contributed by atoms with Gasteiger partial charge in [0.2, 0.25) is 0 Å². The first kappa shape index (κ1) is 15.7. The summed E-state index contributed by atoms with van der Waals surface area (Å²) in [6, 6.07) is 13.9. The Morgan fingerprint density at radius 1 is 0.963 bits per heavy atom. The molecule has 8 nitrogen and oxygen atoms in total. The van der Waals surface area contributed by atoms with E-state index in [1.165, 1.54) is 12.8 Å². The normalized spacial score (nSPS) is 14.0. The lowest BCUT2D eigenvalue weighted by Crippen LogP contribution is -2.19. The third kappa shape index (κ3) is 3.17. The molecule has 1 N–H and O–H groups in total. The first-order valence-electron chi connectivity index (χ1n) is 8.97. The molecule has 0 spiro atoms. The van der Waals surface area contributed by atoms with Gasteiger partial charge in [-0.3, -0.25) is 0 Å². The van der Waals surface area contributed by atoms with Crippen molar-refractivity contribution in [3.63, 3.8) is 0 Å². The molecule has 3 aromatic heterocycles. The molecular formula is C19H18N8. The third-order valence-corrected chi connectivity index (χ3v) is 4.68. The number of hydrogen-bond acceptors (Lipinski definition) is 7. The molecule has 0 amide bonds. The van der Waals surface area contributed by atoms with Gasteiger partial charge in [-0.05, 0) is 37.1 Å². The minimum absolute atomic E-state index is 0.725. The number of nitrogens with one attached hydrogen (secondary N) is 1. The zero-order valence-corrected chi connectivity index (χ0v) is 14.7. The molecule has 1 aliphatic heterocycles. The van der Waals surface area contributed by atoms with Crippen LogP contribution in [0.3, 0.4) is 0 Å². The second-order valence-electron chi connectivity index (χ2n) is 6.51. The second-order valence-corrected chi connectivity index (χ2v) is 6.51. The van der Waals surface area contributed by atoms with E-state index in [0.717, 1.165) is 47.3 Å². The van der Waals surface area contributed by atoms with E-state index in [-0.39, 0.29) is 0 Å². The molecule has 8 heteroatoms. The summed E-state index contributed by atoms with van der Waals surface area (Å²) in [6.45, 7) is 2.12. The van der Waals surface area contributed by atoms with E-state index in [9.17, 15) is 0 Å². The van der Waals surface area contributed by atoms with Gasteiger partial charge in [0, 0.05) is 30.4 Å². The predicted molar refractivity (Wildman–Crippen MR) is 103 cm³/mol. The van der Waals surface area contributed by atoms with Crippen LogP contribution in [0.1, 0.15) is 12.8 Å². The molecule has 0 atom stereocenters. The quantitative estimate of drug-likeness (QED) is 0.600. The minimum atomic E-state index is 0.725. The average Bonchev–Trinajstić information content (AvgIpc) is 3.40. The van der Waals surface area contributed by atoms with Crippen molar-refractivity contribution in [2.45, 2.75) is 12.8 Å². The van der Waals surface area contributed by atoms with Crippen LogP contribution in [0.25, 0.3) is 16.9 Å². The first-order chi connectivity index (χ1) is 13.3. The Morgan fingerprint density at radius 3 is 2.81 bits per heavy atom. The highest BCUT2D eigenvalue weighted by Gasteiger charge is 2.14. The molecule has 5 rings (SSSR count). The summed E-state index contributed by atoms with van der Waals surface area (Å²) in [4.78, 5) is 11.1. The molecule has 27 heavy (non-hydrogen) atoms. The van der Waals surface area contributed by atoms with E-state index in [2.05, 4.69) is 41.5 Å². The maximum absolute atomic E-state index is 4.55. The molecule has 0 aliphatic carbocycles. The topological polar surface area (TPSA) is 84.1 Å². The Hall–Kier alpha value is -3.55.